The maximum atomic E-state index is 11.0. The van der Waals surface area contributed by atoms with Gasteiger partial charge in [0, 0.05) is 6.20 Å². The van der Waals surface area contributed by atoms with Crippen LogP contribution in [0.2, 0.25) is 10.0 Å². The molecule has 0 saturated carbocycles. The highest BCUT2D eigenvalue weighted by molar-refractivity contribution is 6.36. The van der Waals surface area contributed by atoms with Crippen LogP contribution in [0.25, 0.3) is 5.65 Å². The van der Waals surface area contributed by atoms with E-state index in [9.17, 15) is 4.79 Å². The van der Waals surface area contributed by atoms with Crippen molar-refractivity contribution in [3.05, 3.63) is 32.8 Å². The lowest BCUT2D eigenvalue weighted by Gasteiger charge is -1.93. The van der Waals surface area contributed by atoms with Crippen LogP contribution in [-0.2, 0) is 0 Å². The molecule has 0 aliphatic carbocycles. The number of H-pyrrole nitrogens is 1. The van der Waals surface area contributed by atoms with Crippen molar-refractivity contribution in [1.82, 2.24) is 14.6 Å². The van der Waals surface area contributed by atoms with Gasteiger partial charge in [0.25, 0.3) is 0 Å². The van der Waals surface area contributed by atoms with Gasteiger partial charge >= 0.3 is 5.69 Å². The van der Waals surface area contributed by atoms with E-state index in [1.165, 1.54) is 16.7 Å². The summed E-state index contributed by atoms with van der Waals surface area (Å²) in [6.45, 7) is 0. The predicted molar refractivity (Wildman–Crippen MR) is 45.8 cm³/mol. The zero-order valence-corrected chi connectivity index (χ0v) is 7.23. The van der Waals surface area contributed by atoms with Crippen molar-refractivity contribution in [2.45, 2.75) is 0 Å². The molecule has 62 valence electrons. The third-order valence-corrected chi connectivity index (χ3v) is 1.92. The van der Waals surface area contributed by atoms with E-state index in [2.05, 4.69) is 10.2 Å². The summed E-state index contributed by atoms with van der Waals surface area (Å²) in [5, 5.41) is 6.70. The molecule has 0 saturated heterocycles. The molecule has 12 heavy (non-hydrogen) atoms. The normalized spacial score (nSPS) is 10.8. The van der Waals surface area contributed by atoms with Gasteiger partial charge in [-0.1, -0.05) is 23.2 Å². The van der Waals surface area contributed by atoms with Crippen molar-refractivity contribution in [3.8, 4) is 0 Å². The number of hydrogen-bond donors (Lipinski definition) is 1. The van der Waals surface area contributed by atoms with Gasteiger partial charge in [-0.05, 0) is 6.07 Å². The first-order chi connectivity index (χ1) is 5.68. The second kappa shape index (κ2) is 2.50. The Hall–Kier alpha value is -1.00. The third-order valence-electron chi connectivity index (χ3n) is 1.44. The Morgan fingerprint density at radius 3 is 3.00 bits per heavy atom. The molecule has 0 bridgehead atoms. The summed E-state index contributed by atoms with van der Waals surface area (Å²) in [7, 11) is 0. The fourth-order valence-corrected chi connectivity index (χ4v) is 1.45. The highest BCUT2D eigenvalue weighted by Gasteiger charge is 2.04. The second-order valence-electron chi connectivity index (χ2n) is 2.23. The minimum atomic E-state index is -0.352. The van der Waals surface area contributed by atoms with E-state index in [0.29, 0.717) is 15.7 Å². The number of aromatic nitrogens is 3. The zero-order valence-electron chi connectivity index (χ0n) is 5.71. The quantitative estimate of drug-likeness (QED) is 0.703. The van der Waals surface area contributed by atoms with Crippen molar-refractivity contribution >= 4 is 28.8 Å². The summed E-state index contributed by atoms with van der Waals surface area (Å²) in [5.74, 6) is 0. The van der Waals surface area contributed by atoms with E-state index in [4.69, 9.17) is 23.2 Å². The van der Waals surface area contributed by atoms with Gasteiger partial charge < -0.3 is 0 Å². The third kappa shape index (κ3) is 1.00. The number of halogens is 2. The minimum Gasteiger partial charge on any atom is -0.248 e. The lowest BCUT2D eigenvalue weighted by molar-refractivity contribution is 1.02. The average Bonchev–Trinajstić information content (AvgIpc) is 2.33. The van der Waals surface area contributed by atoms with Crippen LogP contribution in [0.5, 0.6) is 0 Å². The van der Waals surface area contributed by atoms with Crippen LogP contribution in [0.3, 0.4) is 0 Å². The SMILES string of the molecule is O=c1[nH]nc2c(Cl)cc(Cl)cn12. The molecule has 6 heteroatoms. The largest absolute Gasteiger partial charge is 0.347 e. The summed E-state index contributed by atoms with van der Waals surface area (Å²) in [6, 6.07) is 1.53. The summed E-state index contributed by atoms with van der Waals surface area (Å²) in [6.07, 6.45) is 1.45. The number of aromatic amines is 1. The van der Waals surface area contributed by atoms with Crippen LogP contribution in [0.1, 0.15) is 0 Å². The van der Waals surface area contributed by atoms with E-state index >= 15 is 0 Å². The molecule has 4 nitrogen and oxygen atoms in total. The molecule has 2 aromatic rings. The van der Waals surface area contributed by atoms with E-state index in [1.807, 2.05) is 0 Å². The molecule has 2 rings (SSSR count). The Kier molecular flexibility index (Phi) is 1.59. The van der Waals surface area contributed by atoms with Gasteiger partial charge in [-0.15, -0.1) is 0 Å². The molecular weight excluding hydrogens is 201 g/mol. The summed E-state index contributed by atoms with van der Waals surface area (Å²) < 4.78 is 1.25. The monoisotopic (exact) mass is 203 g/mol. The first-order valence-electron chi connectivity index (χ1n) is 3.10. The topological polar surface area (TPSA) is 50.2 Å². The molecule has 0 atom stereocenters. The van der Waals surface area contributed by atoms with Crippen molar-refractivity contribution in [2.24, 2.45) is 0 Å². The summed E-state index contributed by atoms with van der Waals surface area (Å²) in [4.78, 5) is 11.0. The Labute approximate surface area is 76.7 Å². The van der Waals surface area contributed by atoms with Crippen molar-refractivity contribution < 1.29 is 0 Å². The smallest absolute Gasteiger partial charge is 0.248 e. The lowest BCUT2D eigenvalue weighted by atomic mass is 10.5. The Bertz CT molecular complexity index is 487. The van der Waals surface area contributed by atoms with Gasteiger partial charge in [0.05, 0.1) is 10.0 Å². The first-order valence-corrected chi connectivity index (χ1v) is 3.86. The number of nitrogens with zero attached hydrogens (tertiary/aromatic N) is 2. The van der Waals surface area contributed by atoms with Gasteiger partial charge in [-0.25, -0.2) is 14.3 Å². The highest BCUT2D eigenvalue weighted by Crippen LogP contribution is 2.18. The van der Waals surface area contributed by atoms with Crippen LogP contribution in [-0.4, -0.2) is 14.6 Å². The Balaban J connectivity index is 3.02. The fourth-order valence-electron chi connectivity index (χ4n) is 0.939. The van der Waals surface area contributed by atoms with Crippen molar-refractivity contribution in [2.75, 3.05) is 0 Å². The highest BCUT2D eigenvalue weighted by atomic mass is 35.5. The fraction of sp³-hybridized carbons (Fsp3) is 0. The number of hydrogen-bond acceptors (Lipinski definition) is 2. The van der Waals surface area contributed by atoms with E-state index in [0.717, 1.165) is 0 Å². The molecule has 0 aliphatic heterocycles. The second-order valence-corrected chi connectivity index (χ2v) is 3.07. The minimum absolute atomic E-state index is 0.348. The number of fused-ring (bicyclic) bond motifs is 1. The number of pyridine rings is 1. The van der Waals surface area contributed by atoms with Crippen LogP contribution < -0.4 is 5.69 Å². The Morgan fingerprint density at radius 2 is 2.25 bits per heavy atom. The van der Waals surface area contributed by atoms with Crippen LogP contribution in [0.15, 0.2) is 17.1 Å². The molecule has 2 aromatic heterocycles. The number of rotatable bonds is 0. The van der Waals surface area contributed by atoms with Gasteiger partial charge in [-0.3, -0.25) is 0 Å². The molecule has 0 aliphatic rings. The van der Waals surface area contributed by atoms with Gasteiger partial charge in [0.15, 0.2) is 5.65 Å². The van der Waals surface area contributed by atoms with E-state index in [-0.39, 0.29) is 5.69 Å². The maximum Gasteiger partial charge on any atom is 0.347 e. The van der Waals surface area contributed by atoms with Crippen LogP contribution in [0, 0.1) is 0 Å². The molecule has 2 heterocycles. The van der Waals surface area contributed by atoms with Crippen molar-refractivity contribution in [1.29, 1.82) is 0 Å². The molecular formula is C6H3Cl2N3O. The maximum absolute atomic E-state index is 11.0. The standard InChI is InChI=1S/C6H3Cl2N3O/c7-3-1-4(8)5-9-10-6(12)11(5)2-3/h1-2H,(H,10,12). The van der Waals surface area contributed by atoms with Crippen LogP contribution >= 0.6 is 23.2 Å². The van der Waals surface area contributed by atoms with Gasteiger partial charge in [0.1, 0.15) is 0 Å². The van der Waals surface area contributed by atoms with Crippen molar-refractivity contribution in [3.63, 3.8) is 0 Å². The molecule has 0 unspecified atom stereocenters. The summed E-state index contributed by atoms with van der Waals surface area (Å²) >= 11 is 11.4. The molecule has 1 N–H and O–H groups in total. The average molecular weight is 204 g/mol. The molecule has 0 fully saturated rings. The van der Waals surface area contributed by atoms with Crippen LogP contribution in [0.4, 0.5) is 0 Å². The van der Waals surface area contributed by atoms with Gasteiger partial charge in [0.2, 0.25) is 0 Å². The first kappa shape index (κ1) is 7.64. The van der Waals surface area contributed by atoms with Gasteiger partial charge in [-0.2, -0.15) is 5.10 Å². The summed E-state index contributed by atoms with van der Waals surface area (Å²) in [5.41, 5.74) is 0.0282. The predicted octanol–water partition coefficient (Wildman–Crippen LogP) is 1.33. The molecule has 0 amide bonds. The lowest BCUT2D eigenvalue weighted by Crippen LogP contribution is -2.08. The van der Waals surface area contributed by atoms with E-state index in [1.54, 1.807) is 0 Å². The molecule has 0 spiro atoms. The zero-order chi connectivity index (χ0) is 8.72. The molecule has 0 aromatic carbocycles. The number of nitrogens with one attached hydrogen (secondary N) is 1. The van der Waals surface area contributed by atoms with E-state index < -0.39 is 0 Å². The molecule has 0 radical (unpaired) electrons. The Morgan fingerprint density at radius 1 is 1.50 bits per heavy atom.